The summed E-state index contributed by atoms with van der Waals surface area (Å²) in [7, 11) is 0. The van der Waals surface area contributed by atoms with Crippen LogP contribution in [0.25, 0.3) is 11.0 Å². The highest BCUT2D eigenvalue weighted by atomic mass is 16.4. The summed E-state index contributed by atoms with van der Waals surface area (Å²) < 4.78 is 1.96. The van der Waals surface area contributed by atoms with E-state index in [4.69, 9.17) is 5.11 Å². The number of pyridine rings is 1. The minimum atomic E-state index is -0.833. The van der Waals surface area contributed by atoms with E-state index in [2.05, 4.69) is 4.98 Å². The molecule has 1 aliphatic rings. The van der Waals surface area contributed by atoms with Gasteiger partial charge in [0.05, 0.1) is 19.1 Å². The molecule has 0 radical (unpaired) electrons. The number of hydrogen-bond donors (Lipinski definition) is 2. The first-order valence-corrected chi connectivity index (χ1v) is 6.01. The second-order valence-electron chi connectivity index (χ2n) is 4.67. The van der Waals surface area contributed by atoms with Gasteiger partial charge in [0.2, 0.25) is 0 Å². The van der Waals surface area contributed by atoms with Gasteiger partial charge in [-0.1, -0.05) is 0 Å². The number of hydrogen-bond acceptors (Lipinski definition) is 3. The maximum absolute atomic E-state index is 11.0. The smallest absolute Gasteiger partial charge is 0.307 e. The lowest BCUT2D eigenvalue weighted by Gasteiger charge is -2.21. The molecule has 3 rings (SSSR count). The van der Waals surface area contributed by atoms with Crippen molar-refractivity contribution in [1.29, 1.82) is 0 Å². The zero-order valence-electron chi connectivity index (χ0n) is 9.83. The van der Waals surface area contributed by atoms with E-state index in [0.29, 0.717) is 19.4 Å². The van der Waals surface area contributed by atoms with Crippen molar-refractivity contribution < 1.29 is 15.0 Å². The van der Waals surface area contributed by atoms with E-state index in [0.717, 1.165) is 22.3 Å². The lowest BCUT2D eigenvalue weighted by atomic mass is 10.0. The van der Waals surface area contributed by atoms with Gasteiger partial charge in [-0.25, -0.2) is 4.98 Å². The largest absolute Gasteiger partial charge is 0.481 e. The molecule has 0 amide bonds. The van der Waals surface area contributed by atoms with Gasteiger partial charge in [0.1, 0.15) is 5.65 Å². The summed E-state index contributed by atoms with van der Waals surface area (Å²) in [5, 5.41) is 19.7. The topological polar surface area (TPSA) is 75.3 Å². The number of aromatic nitrogens is 2. The molecule has 0 saturated carbocycles. The molecule has 0 spiro atoms. The van der Waals surface area contributed by atoms with Crippen molar-refractivity contribution in [3.8, 4) is 0 Å². The highest BCUT2D eigenvalue weighted by Crippen LogP contribution is 2.29. The molecular weight excluding hydrogens is 232 g/mol. The van der Waals surface area contributed by atoms with Crippen LogP contribution in [0.4, 0.5) is 0 Å². The Hall–Kier alpha value is -1.88. The van der Waals surface area contributed by atoms with Crippen LogP contribution in [0.2, 0.25) is 0 Å². The molecule has 1 unspecified atom stereocenters. The van der Waals surface area contributed by atoms with Gasteiger partial charge in [0.15, 0.2) is 0 Å². The molecule has 18 heavy (non-hydrogen) atoms. The Balaban J connectivity index is 2.24. The third-order valence-electron chi connectivity index (χ3n) is 3.48. The maximum Gasteiger partial charge on any atom is 0.307 e. The fraction of sp³-hybridized carbons (Fsp3) is 0.385. The fourth-order valence-electron chi connectivity index (χ4n) is 2.73. The number of carbonyl (C=O) groups is 1. The van der Waals surface area contributed by atoms with Gasteiger partial charge in [0, 0.05) is 17.3 Å². The van der Waals surface area contributed by atoms with Crippen molar-refractivity contribution in [1.82, 2.24) is 9.55 Å². The number of nitrogens with zero attached hydrogens (tertiary/aromatic N) is 2. The van der Waals surface area contributed by atoms with Gasteiger partial charge in [-0.05, 0) is 30.5 Å². The molecule has 0 bridgehead atoms. The van der Waals surface area contributed by atoms with Crippen molar-refractivity contribution >= 4 is 17.0 Å². The molecule has 0 saturated heterocycles. The molecule has 3 heterocycles. The predicted octanol–water partition coefficient (Wildman–Crippen LogP) is 0.971. The third-order valence-corrected chi connectivity index (χ3v) is 3.48. The molecule has 0 aliphatic carbocycles. The summed E-state index contributed by atoms with van der Waals surface area (Å²) in [6, 6.07) is 3.72. The molecule has 2 aromatic heterocycles. The second kappa shape index (κ2) is 4.10. The Kier molecular flexibility index (Phi) is 2.56. The Bertz CT molecular complexity index is 618. The van der Waals surface area contributed by atoms with E-state index in [1.165, 1.54) is 0 Å². The van der Waals surface area contributed by atoms with E-state index >= 15 is 0 Å². The van der Waals surface area contributed by atoms with Crippen LogP contribution in [0, 0.1) is 0 Å². The summed E-state index contributed by atoms with van der Waals surface area (Å²) in [6.45, 7) is 0.502. The minimum absolute atomic E-state index is 0.0145. The molecule has 5 nitrogen and oxygen atoms in total. The van der Waals surface area contributed by atoms with E-state index in [1.54, 1.807) is 6.20 Å². The lowest BCUT2D eigenvalue weighted by molar-refractivity contribution is -0.136. The standard InChI is InChI=1S/C13H14N2O3/c16-8-3-4-11-10(6-12(17)18)9-2-1-5-14-13(9)15(11)7-8/h1-2,5,8,16H,3-4,6-7H2,(H,17,18). The van der Waals surface area contributed by atoms with Gasteiger partial charge in [-0.15, -0.1) is 0 Å². The second-order valence-corrected chi connectivity index (χ2v) is 4.67. The molecule has 5 heteroatoms. The van der Waals surface area contributed by atoms with Crippen LogP contribution < -0.4 is 0 Å². The van der Waals surface area contributed by atoms with Crippen molar-refractivity contribution in [3.05, 3.63) is 29.6 Å². The minimum Gasteiger partial charge on any atom is -0.481 e. The van der Waals surface area contributed by atoms with E-state index < -0.39 is 5.97 Å². The van der Waals surface area contributed by atoms with Crippen molar-refractivity contribution in [2.45, 2.75) is 31.9 Å². The lowest BCUT2D eigenvalue weighted by Crippen LogP contribution is -2.24. The normalized spacial score (nSPS) is 18.8. The molecule has 0 fully saturated rings. The van der Waals surface area contributed by atoms with Crippen LogP contribution in [-0.4, -0.2) is 31.8 Å². The number of aliphatic hydroxyl groups excluding tert-OH is 1. The number of carboxylic acids is 1. The molecule has 1 aliphatic heterocycles. The van der Waals surface area contributed by atoms with Gasteiger partial charge in [-0.2, -0.15) is 0 Å². The third kappa shape index (κ3) is 1.67. The van der Waals surface area contributed by atoms with Gasteiger partial charge < -0.3 is 14.8 Å². The number of rotatable bonds is 2. The van der Waals surface area contributed by atoms with Gasteiger partial charge in [0.25, 0.3) is 0 Å². The highest BCUT2D eigenvalue weighted by Gasteiger charge is 2.24. The zero-order chi connectivity index (χ0) is 12.7. The first-order valence-electron chi connectivity index (χ1n) is 6.01. The van der Waals surface area contributed by atoms with Crippen LogP contribution >= 0.6 is 0 Å². The average Bonchev–Trinajstić information content (AvgIpc) is 2.64. The predicted molar refractivity (Wildman–Crippen MR) is 65.4 cm³/mol. The van der Waals surface area contributed by atoms with Gasteiger partial charge in [-0.3, -0.25) is 4.79 Å². The molecule has 1 atom stereocenters. The van der Waals surface area contributed by atoms with Gasteiger partial charge >= 0.3 is 5.97 Å². The van der Waals surface area contributed by atoms with E-state index in [9.17, 15) is 9.90 Å². The van der Waals surface area contributed by atoms with Crippen LogP contribution in [0.1, 0.15) is 17.7 Å². The maximum atomic E-state index is 11.0. The molecule has 0 aromatic carbocycles. The van der Waals surface area contributed by atoms with Crippen molar-refractivity contribution in [2.75, 3.05) is 0 Å². The SMILES string of the molecule is O=C(O)Cc1c2n(c3ncccc13)CC(O)CC2. The van der Waals surface area contributed by atoms with Crippen LogP contribution in [-0.2, 0) is 24.2 Å². The first kappa shape index (κ1) is 11.2. The summed E-state index contributed by atoms with van der Waals surface area (Å²) in [4.78, 5) is 15.3. The fourth-order valence-corrected chi connectivity index (χ4v) is 2.73. The van der Waals surface area contributed by atoms with Crippen LogP contribution in [0.3, 0.4) is 0 Å². The summed E-state index contributed by atoms with van der Waals surface area (Å²) in [5.41, 5.74) is 2.64. The summed E-state index contributed by atoms with van der Waals surface area (Å²) in [6.07, 6.45) is 2.73. The highest BCUT2D eigenvalue weighted by molar-refractivity contribution is 5.86. The Morgan fingerprint density at radius 2 is 2.39 bits per heavy atom. The summed E-state index contributed by atoms with van der Waals surface area (Å²) >= 11 is 0. The zero-order valence-corrected chi connectivity index (χ0v) is 9.83. The number of carboxylic acid groups (broad SMARTS) is 1. The first-order chi connectivity index (χ1) is 8.66. The van der Waals surface area contributed by atoms with Crippen LogP contribution in [0.5, 0.6) is 0 Å². The molecule has 2 aromatic rings. The van der Waals surface area contributed by atoms with E-state index in [-0.39, 0.29) is 12.5 Å². The quantitative estimate of drug-likeness (QED) is 0.828. The molecule has 94 valence electrons. The Labute approximate surface area is 104 Å². The summed E-state index contributed by atoms with van der Waals surface area (Å²) in [5.74, 6) is -0.833. The number of aliphatic carboxylic acids is 1. The van der Waals surface area contributed by atoms with Crippen molar-refractivity contribution in [3.63, 3.8) is 0 Å². The van der Waals surface area contributed by atoms with E-state index in [1.807, 2.05) is 16.7 Å². The number of aliphatic hydroxyl groups is 1. The monoisotopic (exact) mass is 246 g/mol. The average molecular weight is 246 g/mol. The molecular formula is C13H14N2O3. The Morgan fingerprint density at radius 3 is 3.17 bits per heavy atom. The van der Waals surface area contributed by atoms with Crippen LogP contribution in [0.15, 0.2) is 18.3 Å². The molecule has 2 N–H and O–H groups in total. The number of fused-ring (bicyclic) bond motifs is 3. The Morgan fingerprint density at radius 1 is 1.56 bits per heavy atom. The van der Waals surface area contributed by atoms with Crippen molar-refractivity contribution in [2.24, 2.45) is 0 Å².